The van der Waals surface area contributed by atoms with Crippen molar-refractivity contribution in [1.82, 2.24) is 4.98 Å². The lowest BCUT2D eigenvalue weighted by molar-refractivity contribution is -0.384. The van der Waals surface area contributed by atoms with Crippen LogP contribution in [0.15, 0.2) is 36.5 Å². The van der Waals surface area contributed by atoms with Crippen molar-refractivity contribution in [3.63, 3.8) is 0 Å². The van der Waals surface area contributed by atoms with E-state index in [1.54, 1.807) is 12.1 Å². The molecule has 1 aromatic heterocycles. The molecule has 1 aromatic carbocycles. The maximum atomic E-state index is 12.3. The number of nitrogens with one attached hydrogen (secondary N) is 1. The van der Waals surface area contributed by atoms with Crippen molar-refractivity contribution in [3.8, 4) is 11.6 Å². The summed E-state index contributed by atoms with van der Waals surface area (Å²) in [4.78, 5) is 26.4. The molecular formula is C14H13N3O5. The molecule has 0 aliphatic heterocycles. The second-order valence-electron chi connectivity index (χ2n) is 4.19. The van der Waals surface area contributed by atoms with Crippen LogP contribution in [0.5, 0.6) is 11.6 Å². The minimum atomic E-state index is -0.578. The summed E-state index contributed by atoms with van der Waals surface area (Å²) in [5, 5.41) is 13.4. The first-order valence-electron chi connectivity index (χ1n) is 6.19. The molecule has 0 saturated carbocycles. The molecule has 0 fully saturated rings. The Morgan fingerprint density at radius 1 is 1.23 bits per heavy atom. The van der Waals surface area contributed by atoms with E-state index in [4.69, 9.17) is 9.47 Å². The fraction of sp³-hybridized carbons (Fsp3) is 0.143. The van der Waals surface area contributed by atoms with Crippen molar-refractivity contribution < 1.29 is 19.2 Å². The summed E-state index contributed by atoms with van der Waals surface area (Å²) >= 11 is 0. The highest BCUT2D eigenvalue weighted by molar-refractivity contribution is 6.06. The molecule has 0 unspecified atom stereocenters. The summed E-state index contributed by atoms with van der Waals surface area (Å²) < 4.78 is 9.97. The number of non-ortho nitro benzene ring substituents is 1. The maximum Gasteiger partial charge on any atom is 0.270 e. The zero-order valence-electron chi connectivity index (χ0n) is 11.9. The van der Waals surface area contributed by atoms with Crippen LogP contribution in [0.2, 0.25) is 0 Å². The number of nitrogens with zero attached hydrogens (tertiary/aromatic N) is 2. The molecule has 1 heterocycles. The van der Waals surface area contributed by atoms with Crippen molar-refractivity contribution >= 4 is 17.3 Å². The van der Waals surface area contributed by atoms with Gasteiger partial charge >= 0.3 is 0 Å². The van der Waals surface area contributed by atoms with Crippen LogP contribution in [0.25, 0.3) is 0 Å². The molecule has 8 heteroatoms. The molecule has 114 valence electrons. The van der Waals surface area contributed by atoms with E-state index in [1.807, 2.05) is 0 Å². The predicted octanol–water partition coefficient (Wildman–Crippen LogP) is 2.26. The largest absolute Gasteiger partial charge is 0.496 e. The number of amides is 1. The van der Waals surface area contributed by atoms with E-state index in [1.165, 1.54) is 32.5 Å². The van der Waals surface area contributed by atoms with Gasteiger partial charge in [0.05, 0.1) is 36.6 Å². The Morgan fingerprint density at radius 3 is 2.55 bits per heavy atom. The van der Waals surface area contributed by atoms with Crippen molar-refractivity contribution in [2.75, 3.05) is 19.5 Å². The normalized spacial score (nSPS) is 9.91. The van der Waals surface area contributed by atoms with Crippen LogP contribution in [-0.4, -0.2) is 30.0 Å². The van der Waals surface area contributed by atoms with Gasteiger partial charge in [-0.1, -0.05) is 0 Å². The van der Waals surface area contributed by atoms with Gasteiger partial charge in [0.1, 0.15) is 5.75 Å². The summed E-state index contributed by atoms with van der Waals surface area (Å²) in [5.41, 5.74) is 0.297. The number of hydrogen-bond acceptors (Lipinski definition) is 6. The highest BCUT2D eigenvalue weighted by Gasteiger charge is 2.17. The topological polar surface area (TPSA) is 104 Å². The van der Waals surface area contributed by atoms with E-state index in [0.717, 1.165) is 6.07 Å². The number of aromatic nitrogens is 1. The molecule has 1 amide bonds. The zero-order chi connectivity index (χ0) is 16.1. The molecule has 0 aliphatic carbocycles. The summed E-state index contributed by atoms with van der Waals surface area (Å²) in [6, 6.07) is 6.99. The zero-order valence-corrected chi connectivity index (χ0v) is 11.9. The third-order valence-corrected chi connectivity index (χ3v) is 2.84. The first-order chi connectivity index (χ1) is 10.5. The molecule has 8 nitrogen and oxygen atoms in total. The van der Waals surface area contributed by atoms with Crippen molar-refractivity contribution in [1.29, 1.82) is 0 Å². The number of nitro benzene ring substituents is 1. The molecule has 0 atom stereocenters. The number of methoxy groups -OCH3 is 2. The molecule has 22 heavy (non-hydrogen) atoms. The number of rotatable bonds is 5. The van der Waals surface area contributed by atoms with Crippen molar-refractivity contribution in [2.24, 2.45) is 0 Å². The van der Waals surface area contributed by atoms with Crippen LogP contribution >= 0.6 is 0 Å². The number of hydrogen-bond donors (Lipinski definition) is 1. The van der Waals surface area contributed by atoms with Gasteiger partial charge in [-0.25, -0.2) is 4.98 Å². The Hall–Kier alpha value is -3.16. The Bertz CT molecular complexity index is 700. The number of nitro groups is 1. The second-order valence-corrected chi connectivity index (χ2v) is 4.19. The molecular weight excluding hydrogens is 290 g/mol. The summed E-state index contributed by atoms with van der Waals surface area (Å²) in [6.45, 7) is 0. The van der Waals surface area contributed by atoms with Crippen LogP contribution in [0.4, 0.5) is 11.4 Å². The van der Waals surface area contributed by atoms with Gasteiger partial charge in [0.15, 0.2) is 0 Å². The van der Waals surface area contributed by atoms with E-state index in [2.05, 4.69) is 10.3 Å². The molecule has 2 aromatic rings. The van der Waals surface area contributed by atoms with Gasteiger partial charge in [-0.2, -0.15) is 0 Å². The third kappa shape index (κ3) is 3.29. The van der Waals surface area contributed by atoms with Gasteiger partial charge in [0, 0.05) is 18.2 Å². The van der Waals surface area contributed by atoms with Gasteiger partial charge in [0.2, 0.25) is 5.88 Å². The number of carbonyl (C=O) groups excluding carboxylic acids is 1. The van der Waals surface area contributed by atoms with E-state index < -0.39 is 10.8 Å². The first-order valence-corrected chi connectivity index (χ1v) is 6.19. The van der Waals surface area contributed by atoms with Crippen molar-refractivity contribution in [2.45, 2.75) is 0 Å². The smallest absolute Gasteiger partial charge is 0.270 e. The lowest BCUT2D eigenvalue weighted by atomic mass is 10.1. The van der Waals surface area contributed by atoms with E-state index in [9.17, 15) is 14.9 Å². The average molecular weight is 303 g/mol. The monoisotopic (exact) mass is 303 g/mol. The summed E-state index contributed by atoms with van der Waals surface area (Å²) in [5.74, 6) is 0.114. The second kappa shape index (κ2) is 6.53. The highest BCUT2D eigenvalue weighted by Crippen LogP contribution is 2.25. The van der Waals surface area contributed by atoms with Crippen LogP contribution in [0.1, 0.15) is 10.4 Å². The predicted molar refractivity (Wildman–Crippen MR) is 78.4 cm³/mol. The molecule has 0 saturated heterocycles. The maximum absolute atomic E-state index is 12.3. The number of ether oxygens (including phenoxy) is 2. The Balaban J connectivity index is 2.27. The van der Waals surface area contributed by atoms with Crippen LogP contribution in [-0.2, 0) is 0 Å². The van der Waals surface area contributed by atoms with Gasteiger partial charge in [-0.3, -0.25) is 14.9 Å². The van der Waals surface area contributed by atoms with Gasteiger partial charge in [0.25, 0.3) is 11.6 Å². The SMILES string of the molecule is COc1ccc(NC(=O)c2cc([N+](=O)[O-])ccc2OC)cn1. The average Bonchev–Trinajstić information content (AvgIpc) is 2.54. The fourth-order valence-corrected chi connectivity index (χ4v) is 1.76. The van der Waals surface area contributed by atoms with Gasteiger partial charge < -0.3 is 14.8 Å². The Labute approximate surface area is 125 Å². The molecule has 1 N–H and O–H groups in total. The standard InChI is InChI=1S/C14H13N3O5/c1-21-12-5-4-10(17(19)20)7-11(12)14(18)16-9-3-6-13(22-2)15-8-9/h3-8H,1-2H3,(H,16,18). The highest BCUT2D eigenvalue weighted by atomic mass is 16.6. The third-order valence-electron chi connectivity index (χ3n) is 2.84. The molecule has 0 aliphatic rings. The molecule has 0 spiro atoms. The first kappa shape index (κ1) is 15.2. The minimum Gasteiger partial charge on any atom is -0.496 e. The number of anilines is 1. The van der Waals surface area contributed by atoms with E-state index in [0.29, 0.717) is 11.6 Å². The molecule has 0 bridgehead atoms. The minimum absolute atomic E-state index is 0.0625. The van der Waals surface area contributed by atoms with Gasteiger partial charge in [-0.15, -0.1) is 0 Å². The Kier molecular flexibility index (Phi) is 4.52. The van der Waals surface area contributed by atoms with Crippen molar-refractivity contribution in [3.05, 3.63) is 52.2 Å². The van der Waals surface area contributed by atoms with Gasteiger partial charge in [-0.05, 0) is 12.1 Å². The van der Waals surface area contributed by atoms with E-state index in [-0.39, 0.29) is 17.0 Å². The lowest BCUT2D eigenvalue weighted by Gasteiger charge is -2.09. The number of pyridine rings is 1. The fourth-order valence-electron chi connectivity index (χ4n) is 1.76. The number of carbonyl (C=O) groups is 1. The van der Waals surface area contributed by atoms with Crippen LogP contribution in [0, 0.1) is 10.1 Å². The van der Waals surface area contributed by atoms with Crippen LogP contribution in [0.3, 0.4) is 0 Å². The molecule has 0 radical (unpaired) electrons. The number of benzene rings is 1. The van der Waals surface area contributed by atoms with E-state index >= 15 is 0 Å². The summed E-state index contributed by atoms with van der Waals surface area (Å²) in [6.07, 6.45) is 1.42. The summed E-state index contributed by atoms with van der Waals surface area (Å²) in [7, 11) is 2.86. The molecule has 2 rings (SSSR count). The Morgan fingerprint density at radius 2 is 2.00 bits per heavy atom. The quantitative estimate of drug-likeness (QED) is 0.671. The lowest BCUT2D eigenvalue weighted by Crippen LogP contribution is -2.13. The van der Waals surface area contributed by atoms with Crippen LogP contribution < -0.4 is 14.8 Å².